The molecule has 3 N–H and O–H groups in total. The quantitative estimate of drug-likeness (QED) is 0.153. The summed E-state index contributed by atoms with van der Waals surface area (Å²) in [4.78, 5) is 39.3. The summed E-state index contributed by atoms with van der Waals surface area (Å²) in [5.41, 5.74) is 0.274. The third kappa shape index (κ3) is 15.6. The molecule has 2 radical (unpaired) electrons. The first kappa shape index (κ1) is 25.0. The zero-order chi connectivity index (χ0) is 19.0. The van der Waals surface area contributed by atoms with Crippen molar-refractivity contribution in [3.05, 3.63) is 23.6 Å². The molecule has 0 aromatic carbocycles. The molecule has 0 aromatic rings. The summed E-state index contributed by atoms with van der Waals surface area (Å²) in [7, 11) is 9.64. The van der Waals surface area contributed by atoms with E-state index in [1.54, 1.807) is 19.1 Å². The van der Waals surface area contributed by atoms with Crippen molar-refractivity contribution in [2.24, 2.45) is 0 Å². The number of ether oxygens (including phenoxy) is 3. The zero-order valence-electron chi connectivity index (χ0n) is 14.2. The number of nitrogens with zero attached hydrogens (tertiary/aromatic N) is 1. The lowest BCUT2D eigenvalue weighted by molar-refractivity contribution is -0.121. The average Bonchev–Trinajstić information content (AvgIpc) is 2.51. The van der Waals surface area contributed by atoms with E-state index in [2.05, 4.69) is 0 Å². The van der Waals surface area contributed by atoms with Crippen molar-refractivity contribution in [2.75, 3.05) is 41.7 Å². The molecule has 1 atom stereocenters. The van der Waals surface area contributed by atoms with E-state index >= 15 is 0 Å². The van der Waals surface area contributed by atoms with E-state index in [0.717, 1.165) is 5.82 Å². The second-order valence-electron chi connectivity index (χ2n) is 4.25. The van der Waals surface area contributed by atoms with Crippen molar-refractivity contribution in [1.82, 2.24) is 10.2 Å². The van der Waals surface area contributed by atoms with E-state index in [1.807, 2.05) is 5.32 Å². The predicted octanol–water partition coefficient (Wildman–Crippen LogP) is -0.737. The first-order chi connectivity index (χ1) is 11.3. The number of hydrogen-bond donors (Lipinski definition) is 3. The van der Waals surface area contributed by atoms with Crippen molar-refractivity contribution in [3.63, 3.8) is 0 Å². The van der Waals surface area contributed by atoms with Crippen LogP contribution in [0.5, 0.6) is 0 Å². The van der Waals surface area contributed by atoms with Gasteiger partial charge in [0.25, 0.3) is 5.91 Å². The molecule has 24 heavy (non-hydrogen) atoms. The molecule has 2 amide bonds. The Balaban J connectivity index is 0. The Kier molecular flexibility index (Phi) is 17.2. The number of hydrogen-bond acceptors (Lipinski definition) is 8. The fourth-order valence-corrected chi connectivity index (χ4v) is 1.65. The molecule has 0 spiro atoms. The van der Waals surface area contributed by atoms with Gasteiger partial charge < -0.3 is 28.9 Å². The van der Waals surface area contributed by atoms with Crippen LogP contribution >= 0.6 is 8.38 Å². The maximum atomic E-state index is 10.7. The minimum absolute atomic E-state index is 0.274. The Bertz CT molecular complexity index is 408. The summed E-state index contributed by atoms with van der Waals surface area (Å²) in [6.45, 7) is 0.687. The lowest BCUT2D eigenvalue weighted by Crippen LogP contribution is -2.20. The molecule has 0 heterocycles. The summed E-state index contributed by atoms with van der Waals surface area (Å²) in [5.74, 6) is 0.704. The third-order valence-corrected chi connectivity index (χ3v) is 2.78. The van der Waals surface area contributed by atoms with Crippen LogP contribution in [-0.4, -0.2) is 82.7 Å². The highest BCUT2D eigenvalue weighted by molar-refractivity contribution is 7.48. The Hall–Kier alpha value is -1.29. The summed E-state index contributed by atoms with van der Waals surface area (Å²) in [5, 5.41) is 1.97. The van der Waals surface area contributed by atoms with E-state index in [-0.39, 0.29) is 5.47 Å². The average molecular weight is 362 g/mol. The molecule has 0 saturated heterocycles. The van der Waals surface area contributed by atoms with Gasteiger partial charge in [0, 0.05) is 40.7 Å². The van der Waals surface area contributed by atoms with Gasteiger partial charge in [0.2, 0.25) is 6.41 Å². The van der Waals surface area contributed by atoms with Gasteiger partial charge in [-0.25, -0.2) is 0 Å². The standard InChI is InChI=1S/C7H12N2O3.C6H12BO4P/c1-9(6-12-2)4-3-7(11)8-5-10;1-10-3-6(11-2)5(7)4-12(8)9/h3-5H,6H2,1-2H3,(H,8,10,11);4,6,8-9H,3H2,1-2H3/b4-3-;5-4-. The van der Waals surface area contributed by atoms with E-state index in [9.17, 15) is 9.59 Å². The van der Waals surface area contributed by atoms with Crippen LogP contribution in [0.1, 0.15) is 0 Å². The highest BCUT2D eigenvalue weighted by Crippen LogP contribution is 2.27. The molecule has 0 rings (SSSR count). The second-order valence-corrected chi connectivity index (χ2v) is 5.15. The smallest absolute Gasteiger partial charge is 0.251 e. The van der Waals surface area contributed by atoms with Gasteiger partial charge in [0.1, 0.15) is 14.6 Å². The normalized spacial score (nSPS) is 12.5. The van der Waals surface area contributed by atoms with Crippen LogP contribution in [0.2, 0.25) is 0 Å². The van der Waals surface area contributed by atoms with Crippen molar-refractivity contribution in [2.45, 2.75) is 6.10 Å². The number of methoxy groups -OCH3 is 3. The van der Waals surface area contributed by atoms with E-state index < -0.39 is 20.4 Å². The summed E-state index contributed by atoms with van der Waals surface area (Å²) in [6, 6.07) is 0. The van der Waals surface area contributed by atoms with Gasteiger partial charge in [-0.05, 0) is 5.82 Å². The maximum absolute atomic E-state index is 10.7. The second kappa shape index (κ2) is 16.6. The maximum Gasteiger partial charge on any atom is 0.251 e. The molecular weight excluding hydrogens is 338 g/mol. The number of carbonyl (C=O) groups is 2. The fourth-order valence-electron chi connectivity index (χ4n) is 1.22. The lowest BCUT2D eigenvalue weighted by Gasteiger charge is -2.15. The Morgan fingerprint density at radius 2 is 1.96 bits per heavy atom. The molecule has 0 aliphatic rings. The molecule has 0 fully saturated rings. The molecule has 0 saturated carbocycles. The predicted molar refractivity (Wildman–Crippen MR) is 90.9 cm³/mol. The van der Waals surface area contributed by atoms with Crippen molar-refractivity contribution >= 4 is 28.5 Å². The highest BCUT2D eigenvalue weighted by Gasteiger charge is 2.09. The van der Waals surface area contributed by atoms with Gasteiger partial charge >= 0.3 is 0 Å². The summed E-state index contributed by atoms with van der Waals surface area (Å²) < 4.78 is 14.5. The monoisotopic (exact) mass is 362 g/mol. The van der Waals surface area contributed by atoms with Gasteiger partial charge in [0.05, 0.1) is 12.7 Å². The summed E-state index contributed by atoms with van der Waals surface area (Å²) >= 11 is 0. The van der Waals surface area contributed by atoms with Gasteiger partial charge in [-0.1, -0.05) is 5.47 Å². The molecular formula is C13H24BN2O7P. The van der Waals surface area contributed by atoms with Crippen molar-refractivity contribution in [1.29, 1.82) is 0 Å². The van der Waals surface area contributed by atoms with Crippen LogP contribution in [-0.2, 0) is 23.8 Å². The van der Waals surface area contributed by atoms with Gasteiger partial charge in [-0.15, -0.1) is 0 Å². The Labute approximate surface area is 144 Å². The topological polar surface area (TPSA) is 118 Å². The van der Waals surface area contributed by atoms with Crippen LogP contribution in [0.3, 0.4) is 0 Å². The van der Waals surface area contributed by atoms with Crippen LogP contribution in [0, 0.1) is 0 Å². The molecule has 1 unspecified atom stereocenters. The number of carbonyl (C=O) groups excluding carboxylic acids is 2. The zero-order valence-corrected chi connectivity index (χ0v) is 15.1. The van der Waals surface area contributed by atoms with E-state index in [4.69, 9.17) is 31.8 Å². The Morgan fingerprint density at radius 3 is 2.38 bits per heavy atom. The van der Waals surface area contributed by atoms with E-state index in [0.29, 0.717) is 19.7 Å². The molecule has 0 aromatic heterocycles. The molecule has 136 valence electrons. The van der Waals surface area contributed by atoms with Crippen LogP contribution in [0.25, 0.3) is 0 Å². The fraction of sp³-hybridized carbons (Fsp3) is 0.538. The molecule has 0 aliphatic carbocycles. The van der Waals surface area contributed by atoms with Gasteiger partial charge in [-0.2, -0.15) is 0 Å². The molecule has 0 bridgehead atoms. The third-order valence-electron chi connectivity index (χ3n) is 2.25. The lowest BCUT2D eigenvalue weighted by atomic mass is 9.92. The minimum Gasteiger partial charge on any atom is -0.382 e. The van der Waals surface area contributed by atoms with Crippen LogP contribution in [0.15, 0.2) is 23.6 Å². The number of rotatable bonds is 10. The van der Waals surface area contributed by atoms with E-state index in [1.165, 1.54) is 26.5 Å². The number of imide groups is 1. The van der Waals surface area contributed by atoms with Crippen molar-refractivity contribution < 1.29 is 33.6 Å². The number of amides is 2. The SMILES string of the molecule is COCN(C)/C=C\C(=O)NC=O.[B]/C(=C\P(O)O)C(COC)OC. The van der Waals surface area contributed by atoms with Crippen molar-refractivity contribution in [3.8, 4) is 0 Å². The van der Waals surface area contributed by atoms with Gasteiger partial charge in [0.15, 0.2) is 8.38 Å². The molecule has 11 heteroatoms. The van der Waals surface area contributed by atoms with Crippen LogP contribution in [0.4, 0.5) is 0 Å². The largest absolute Gasteiger partial charge is 0.382 e. The first-order valence-corrected chi connectivity index (χ1v) is 7.91. The molecule has 0 aliphatic heterocycles. The van der Waals surface area contributed by atoms with Crippen LogP contribution < -0.4 is 5.32 Å². The minimum atomic E-state index is -2.11. The first-order valence-electron chi connectivity index (χ1n) is 6.59. The Morgan fingerprint density at radius 1 is 1.33 bits per heavy atom. The highest BCUT2D eigenvalue weighted by atomic mass is 31.2. The van der Waals surface area contributed by atoms with Gasteiger partial charge in [-0.3, -0.25) is 14.9 Å². The summed E-state index contributed by atoms with van der Waals surface area (Å²) in [6.07, 6.45) is 2.68. The molecule has 9 nitrogen and oxygen atoms in total. The number of nitrogens with one attached hydrogen (secondary N) is 1.